The zero-order chi connectivity index (χ0) is 25.2. The van der Waals surface area contributed by atoms with Crippen molar-refractivity contribution in [3.05, 3.63) is 83.2 Å². The van der Waals surface area contributed by atoms with Crippen LogP contribution in [-0.4, -0.2) is 32.4 Å². The largest absolute Gasteiger partial charge is 0.497 e. The van der Waals surface area contributed by atoms with Gasteiger partial charge < -0.3 is 14.4 Å². The van der Waals surface area contributed by atoms with Gasteiger partial charge in [-0.2, -0.15) is 0 Å². The van der Waals surface area contributed by atoms with Gasteiger partial charge >= 0.3 is 0 Å². The summed E-state index contributed by atoms with van der Waals surface area (Å²) in [5.74, 6) is 0.506. The molecule has 184 valence electrons. The van der Waals surface area contributed by atoms with E-state index in [1.165, 1.54) is 12.1 Å². The van der Waals surface area contributed by atoms with Gasteiger partial charge in [0.15, 0.2) is 6.10 Å². The monoisotopic (exact) mass is 498 g/mol. The van der Waals surface area contributed by atoms with Crippen molar-refractivity contribution in [2.75, 3.05) is 11.8 Å². The SMILES string of the molecule is CC[C@@H]1Oc2ccc(NS(=O)(=O)c3ccc(C)c(F)c3)cc2CN(Cc2ccc(OC)cc2)C1=O. The summed E-state index contributed by atoms with van der Waals surface area (Å²) in [5.41, 5.74) is 2.24. The minimum atomic E-state index is -4.01. The third kappa shape index (κ3) is 5.40. The minimum Gasteiger partial charge on any atom is -0.497 e. The quantitative estimate of drug-likeness (QED) is 0.513. The molecule has 0 bridgehead atoms. The molecule has 0 aromatic heterocycles. The average molecular weight is 499 g/mol. The number of rotatable bonds is 7. The zero-order valence-corrected chi connectivity index (χ0v) is 20.6. The van der Waals surface area contributed by atoms with E-state index in [1.807, 2.05) is 31.2 Å². The Balaban J connectivity index is 1.61. The first-order valence-electron chi connectivity index (χ1n) is 11.2. The van der Waals surface area contributed by atoms with E-state index < -0.39 is 21.9 Å². The molecule has 4 rings (SSSR count). The first-order valence-corrected chi connectivity index (χ1v) is 12.7. The number of aryl methyl sites for hydroxylation is 1. The molecule has 1 aliphatic rings. The number of ether oxygens (including phenoxy) is 2. The van der Waals surface area contributed by atoms with Crippen LogP contribution < -0.4 is 14.2 Å². The van der Waals surface area contributed by atoms with Gasteiger partial charge in [0.05, 0.1) is 12.0 Å². The van der Waals surface area contributed by atoms with Gasteiger partial charge in [0.2, 0.25) is 0 Å². The minimum absolute atomic E-state index is 0.142. The lowest BCUT2D eigenvalue weighted by atomic mass is 10.1. The summed E-state index contributed by atoms with van der Waals surface area (Å²) in [4.78, 5) is 14.7. The summed E-state index contributed by atoms with van der Waals surface area (Å²) in [6.07, 6.45) is -0.155. The van der Waals surface area contributed by atoms with Crippen molar-refractivity contribution < 1.29 is 27.1 Å². The molecule has 9 heteroatoms. The van der Waals surface area contributed by atoms with Gasteiger partial charge in [0.1, 0.15) is 17.3 Å². The molecule has 0 radical (unpaired) electrons. The second kappa shape index (κ2) is 9.95. The van der Waals surface area contributed by atoms with Crippen LogP contribution >= 0.6 is 0 Å². The number of nitrogens with one attached hydrogen (secondary N) is 1. The maximum atomic E-state index is 13.9. The molecule has 1 atom stereocenters. The second-order valence-electron chi connectivity index (χ2n) is 8.40. The summed E-state index contributed by atoms with van der Waals surface area (Å²) in [7, 11) is -2.41. The van der Waals surface area contributed by atoms with E-state index in [0.29, 0.717) is 35.5 Å². The molecule has 0 saturated carbocycles. The average Bonchev–Trinajstić information content (AvgIpc) is 2.97. The van der Waals surface area contributed by atoms with Crippen molar-refractivity contribution in [1.82, 2.24) is 4.90 Å². The van der Waals surface area contributed by atoms with Crippen molar-refractivity contribution in [3.63, 3.8) is 0 Å². The highest BCUT2D eigenvalue weighted by molar-refractivity contribution is 7.92. The molecule has 0 spiro atoms. The molecule has 0 unspecified atom stereocenters. The van der Waals surface area contributed by atoms with Gasteiger partial charge in [-0.3, -0.25) is 9.52 Å². The van der Waals surface area contributed by atoms with Gasteiger partial charge in [-0.25, -0.2) is 12.8 Å². The normalized spacial score (nSPS) is 15.7. The van der Waals surface area contributed by atoms with Crippen molar-refractivity contribution in [3.8, 4) is 11.5 Å². The van der Waals surface area contributed by atoms with Crippen molar-refractivity contribution in [2.45, 2.75) is 44.4 Å². The molecule has 3 aromatic rings. The predicted octanol–water partition coefficient (Wildman–Crippen LogP) is 4.64. The van der Waals surface area contributed by atoms with Crippen LogP contribution in [0, 0.1) is 12.7 Å². The van der Waals surface area contributed by atoms with E-state index in [2.05, 4.69) is 4.72 Å². The van der Waals surface area contributed by atoms with Crippen LogP contribution in [-0.2, 0) is 27.9 Å². The Morgan fingerprint density at radius 1 is 1.11 bits per heavy atom. The Morgan fingerprint density at radius 3 is 2.51 bits per heavy atom. The lowest BCUT2D eigenvalue weighted by molar-refractivity contribution is -0.139. The molecular weight excluding hydrogens is 471 g/mol. The van der Waals surface area contributed by atoms with Crippen LogP contribution in [0.4, 0.5) is 10.1 Å². The van der Waals surface area contributed by atoms with Crippen LogP contribution in [0.15, 0.2) is 65.6 Å². The molecule has 35 heavy (non-hydrogen) atoms. The predicted molar refractivity (Wildman–Crippen MR) is 130 cm³/mol. The smallest absolute Gasteiger partial charge is 0.264 e. The van der Waals surface area contributed by atoms with Crippen LogP contribution in [0.2, 0.25) is 0 Å². The van der Waals surface area contributed by atoms with E-state index in [4.69, 9.17) is 9.47 Å². The van der Waals surface area contributed by atoms with Crippen LogP contribution in [0.1, 0.15) is 30.0 Å². The molecule has 1 aliphatic heterocycles. The Morgan fingerprint density at radius 2 is 1.86 bits per heavy atom. The fourth-order valence-electron chi connectivity index (χ4n) is 3.87. The first-order chi connectivity index (χ1) is 16.7. The Bertz CT molecular complexity index is 1340. The van der Waals surface area contributed by atoms with Crippen molar-refractivity contribution in [1.29, 1.82) is 0 Å². The highest BCUT2D eigenvalue weighted by atomic mass is 32.2. The number of benzene rings is 3. The molecule has 0 saturated heterocycles. The van der Waals surface area contributed by atoms with Crippen LogP contribution in [0.5, 0.6) is 11.5 Å². The van der Waals surface area contributed by atoms with E-state index in [-0.39, 0.29) is 17.3 Å². The number of methoxy groups -OCH3 is 1. The number of hydrogen-bond acceptors (Lipinski definition) is 5. The zero-order valence-electron chi connectivity index (χ0n) is 19.7. The number of sulfonamides is 1. The van der Waals surface area contributed by atoms with Crippen molar-refractivity contribution in [2.24, 2.45) is 0 Å². The topological polar surface area (TPSA) is 84.9 Å². The summed E-state index contributed by atoms with van der Waals surface area (Å²) in [5, 5.41) is 0. The summed E-state index contributed by atoms with van der Waals surface area (Å²) in [6, 6.07) is 16.1. The number of halogens is 1. The fourth-order valence-corrected chi connectivity index (χ4v) is 4.93. The Labute approximate surface area is 204 Å². The third-order valence-corrected chi connectivity index (χ3v) is 7.27. The molecule has 0 fully saturated rings. The molecule has 0 aliphatic carbocycles. The Hall–Kier alpha value is -3.59. The van der Waals surface area contributed by atoms with Crippen molar-refractivity contribution >= 4 is 21.6 Å². The summed E-state index contributed by atoms with van der Waals surface area (Å²) >= 11 is 0. The molecule has 1 N–H and O–H groups in total. The third-order valence-electron chi connectivity index (χ3n) is 5.89. The van der Waals surface area contributed by atoms with Gasteiger partial charge in [0.25, 0.3) is 15.9 Å². The molecule has 1 amide bonds. The van der Waals surface area contributed by atoms with Gasteiger partial charge in [0, 0.05) is 24.3 Å². The first kappa shape index (κ1) is 24.5. The number of carbonyl (C=O) groups is 1. The highest BCUT2D eigenvalue weighted by Crippen LogP contribution is 2.31. The molecule has 3 aromatic carbocycles. The lowest BCUT2D eigenvalue weighted by Crippen LogP contribution is -2.38. The Kier molecular flexibility index (Phi) is 6.98. The molecule has 1 heterocycles. The van der Waals surface area contributed by atoms with E-state index >= 15 is 0 Å². The number of nitrogens with zero attached hydrogens (tertiary/aromatic N) is 1. The number of hydrogen-bond donors (Lipinski definition) is 1. The number of amides is 1. The maximum Gasteiger partial charge on any atom is 0.264 e. The number of anilines is 1. The van der Waals surface area contributed by atoms with Crippen LogP contribution in [0.25, 0.3) is 0 Å². The second-order valence-corrected chi connectivity index (χ2v) is 10.1. The highest BCUT2D eigenvalue weighted by Gasteiger charge is 2.30. The van der Waals surface area contributed by atoms with E-state index in [1.54, 1.807) is 37.1 Å². The lowest BCUT2D eigenvalue weighted by Gasteiger charge is -2.23. The number of carbonyl (C=O) groups excluding carboxylic acids is 1. The molecule has 7 nitrogen and oxygen atoms in total. The van der Waals surface area contributed by atoms with E-state index in [9.17, 15) is 17.6 Å². The fraction of sp³-hybridized carbons (Fsp3) is 0.269. The molecular formula is C26H27FN2O5S. The van der Waals surface area contributed by atoms with E-state index in [0.717, 1.165) is 17.4 Å². The van der Waals surface area contributed by atoms with Gasteiger partial charge in [-0.15, -0.1) is 0 Å². The van der Waals surface area contributed by atoms with Gasteiger partial charge in [-0.1, -0.05) is 25.1 Å². The van der Waals surface area contributed by atoms with Gasteiger partial charge in [-0.05, 0) is 66.9 Å². The number of fused-ring (bicyclic) bond motifs is 1. The summed E-state index contributed by atoms with van der Waals surface area (Å²) < 4.78 is 53.3. The van der Waals surface area contributed by atoms with Crippen LogP contribution in [0.3, 0.4) is 0 Å². The standard InChI is InChI=1S/C26H27FN2O5S/c1-4-24-26(30)29(15-18-6-9-21(33-3)10-7-18)16-19-13-20(8-12-25(19)34-24)28-35(31,32)22-11-5-17(2)23(27)14-22/h5-14,24,28H,4,15-16H2,1-3H3/t24-/m0/s1. The maximum absolute atomic E-state index is 13.9. The summed E-state index contributed by atoms with van der Waals surface area (Å²) in [6.45, 7) is 4.04.